The number of nitrogens with two attached hydrogens (primary N) is 1. The van der Waals surface area contributed by atoms with Crippen LogP contribution in [-0.4, -0.2) is 6.04 Å². The van der Waals surface area contributed by atoms with Crippen molar-refractivity contribution in [3.8, 4) is 0 Å². The van der Waals surface area contributed by atoms with Crippen LogP contribution in [0.15, 0.2) is 24.3 Å². The maximum absolute atomic E-state index is 5.91. The third kappa shape index (κ3) is 2.18. The summed E-state index contributed by atoms with van der Waals surface area (Å²) >= 11 is 5.91. The van der Waals surface area contributed by atoms with Crippen molar-refractivity contribution in [3.05, 3.63) is 34.9 Å². The van der Waals surface area contributed by atoms with Gasteiger partial charge in [-0.25, -0.2) is 0 Å². The van der Waals surface area contributed by atoms with Crippen LogP contribution in [0.3, 0.4) is 0 Å². The number of hydrogen-bond donors (Lipinski definition) is 2. The normalized spacial score (nSPS) is 22.8. The maximum atomic E-state index is 5.91. The lowest BCUT2D eigenvalue weighted by atomic mass is 9.97. The minimum Gasteiger partial charge on any atom is -0.271 e. The average molecular weight is 267 g/mol. The van der Waals surface area contributed by atoms with Crippen LogP contribution in [0, 0.1) is 16.7 Å². The molecule has 0 bridgehead atoms. The van der Waals surface area contributed by atoms with Crippen LogP contribution < -0.4 is 11.3 Å². The third-order valence-electron chi connectivity index (χ3n) is 5.12. The van der Waals surface area contributed by atoms with Crippen LogP contribution >= 0.6 is 11.6 Å². The molecule has 1 fully saturated rings. The molecule has 1 saturated carbocycles. The first-order chi connectivity index (χ1) is 8.30. The Morgan fingerprint density at radius 1 is 1.17 bits per heavy atom. The van der Waals surface area contributed by atoms with Crippen molar-refractivity contribution in [2.45, 2.75) is 40.2 Å². The Morgan fingerprint density at radius 3 is 2.06 bits per heavy atom. The molecule has 1 atom stereocenters. The Labute approximate surface area is 115 Å². The van der Waals surface area contributed by atoms with Gasteiger partial charge < -0.3 is 0 Å². The Hall–Kier alpha value is -0.570. The molecule has 2 rings (SSSR count). The van der Waals surface area contributed by atoms with Crippen molar-refractivity contribution in [2.75, 3.05) is 0 Å². The van der Waals surface area contributed by atoms with Gasteiger partial charge in [0.05, 0.1) is 0 Å². The van der Waals surface area contributed by atoms with E-state index in [4.69, 9.17) is 17.4 Å². The fourth-order valence-electron chi connectivity index (χ4n) is 3.40. The lowest BCUT2D eigenvalue weighted by molar-refractivity contribution is 0.402. The molecule has 0 saturated heterocycles. The van der Waals surface area contributed by atoms with Crippen LogP contribution in [0.1, 0.15) is 33.3 Å². The predicted octanol–water partition coefficient (Wildman–Crippen LogP) is 3.40. The fraction of sp³-hybridized carbons (Fsp3) is 0.600. The summed E-state index contributed by atoms with van der Waals surface area (Å²) < 4.78 is 0. The standard InChI is InChI=1S/C15H23ClN2/c1-14(2)13(15(14,3)4)12(18-17)9-10-5-7-11(16)8-6-10/h5-8,12-13,18H,9,17H2,1-4H3. The van der Waals surface area contributed by atoms with Gasteiger partial charge in [0.1, 0.15) is 0 Å². The highest BCUT2D eigenvalue weighted by Crippen LogP contribution is 2.69. The topological polar surface area (TPSA) is 38.0 Å². The molecule has 18 heavy (non-hydrogen) atoms. The van der Waals surface area contributed by atoms with Crippen molar-refractivity contribution < 1.29 is 0 Å². The second-order valence-electron chi connectivity index (χ2n) is 6.52. The Morgan fingerprint density at radius 2 is 1.67 bits per heavy atom. The molecule has 0 heterocycles. The summed E-state index contributed by atoms with van der Waals surface area (Å²) in [6.45, 7) is 9.29. The van der Waals surface area contributed by atoms with E-state index in [0.717, 1.165) is 11.4 Å². The van der Waals surface area contributed by atoms with Crippen molar-refractivity contribution in [2.24, 2.45) is 22.6 Å². The molecule has 3 heteroatoms. The number of benzene rings is 1. The molecule has 2 nitrogen and oxygen atoms in total. The molecule has 1 aliphatic carbocycles. The van der Waals surface area contributed by atoms with E-state index in [1.54, 1.807) is 0 Å². The maximum Gasteiger partial charge on any atom is 0.0406 e. The first-order valence-corrected chi connectivity index (χ1v) is 6.89. The van der Waals surface area contributed by atoms with Gasteiger partial charge in [-0.15, -0.1) is 0 Å². The van der Waals surface area contributed by atoms with E-state index in [0.29, 0.717) is 22.8 Å². The molecule has 1 unspecified atom stereocenters. The van der Waals surface area contributed by atoms with E-state index in [1.807, 2.05) is 12.1 Å². The van der Waals surface area contributed by atoms with Crippen molar-refractivity contribution in [1.29, 1.82) is 0 Å². The summed E-state index contributed by atoms with van der Waals surface area (Å²) in [4.78, 5) is 0. The van der Waals surface area contributed by atoms with Crippen LogP contribution in [-0.2, 0) is 6.42 Å². The first kappa shape index (κ1) is 13.9. The molecule has 1 aliphatic rings. The zero-order chi connectivity index (χ0) is 13.6. The second kappa shape index (κ2) is 4.52. The highest BCUT2D eigenvalue weighted by atomic mass is 35.5. The van der Waals surface area contributed by atoms with Gasteiger partial charge in [0.2, 0.25) is 0 Å². The monoisotopic (exact) mass is 266 g/mol. The zero-order valence-corrected chi connectivity index (χ0v) is 12.4. The van der Waals surface area contributed by atoms with Crippen LogP contribution in [0.2, 0.25) is 5.02 Å². The van der Waals surface area contributed by atoms with Crippen LogP contribution in [0.5, 0.6) is 0 Å². The Kier molecular flexibility index (Phi) is 3.48. The summed E-state index contributed by atoms with van der Waals surface area (Å²) in [6, 6.07) is 8.35. The molecule has 1 aromatic carbocycles. The SMILES string of the molecule is CC1(C)C(C(Cc2ccc(Cl)cc2)NN)C1(C)C. The van der Waals surface area contributed by atoms with Gasteiger partial charge in [-0.05, 0) is 40.9 Å². The quantitative estimate of drug-likeness (QED) is 0.648. The van der Waals surface area contributed by atoms with E-state index in [1.165, 1.54) is 5.56 Å². The smallest absolute Gasteiger partial charge is 0.0406 e. The summed E-state index contributed by atoms with van der Waals surface area (Å²) in [5.41, 5.74) is 4.97. The van der Waals surface area contributed by atoms with Crippen LogP contribution in [0.25, 0.3) is 0 Å². The predicted molar refractivity (Wildman–Crippen MR) is 77.3 cm³/mol. The number of hydrogen-bond acceptors (Lipinski definition) is 2. The lowest BCUT2D eigenvalue weighted by Gasteiger charge is -2.18. The molecule has 0 aliphatic heterocycles. The van der Waals surface area contributed by atoms with E-state index >= 15 is 0 Å². The third-order valence-corrected chi connectivity index (χ3v) is 5.37. The van der Waals surface area contributed by atoms with Gasteiger partial charge in [-0.2, -0.15) is 0 Å². The van der Waals surface area contributed by atoms with Crippen LogP contribution in [0.4, 0.5) is 0 Å². The summed E-state index contributed by atoms with van der Waals surface area (Å²) in [6.07, 6.45) is 0.950. The summed E-state index contributed by atoms with van der Waals surface area (Å²) in [7, 11) is 0. The Bertz CT molecular complexity index is 409. The average Bonchev–Trinajstić information content (AvgIpc) is 2.70. The number of nitrogens with one attached hydrogen (secondary N) is 1. The molecule has 1 aromatic rings. The fourth-order valence-corrected chi connectivity index (χ4v) is 3.53. The van der Waals surface area contributed by atoms with E-state index in [9.17, 15) is 0 Å². The molecule has 0 radical (unpaired) electrons. The van der Waals surface area contributed by atoms with Crippen molar-refractivity contribution in [3.63, 3.8) is 0 Å². The van der Waals surface area contributed by atoms with Gasteiger partial charge in [0, 0.05) is 11.1 Å². The van der Waals surface area contributed by atoms with Gasteiger partial charge >= 0.3 is 0 Å². The molecule has 3 N–H and O–H groups in total. The summed E-state index contributed by atoms with van der Waals surface area (Å²) in [5, 5.41) is 0.781. The molecule has 0 amide bonds. The Balaban J connectivity index is 2.10. The van der Waals surface area contributed by atoms with Gasteiger partial charge in [-0.3, -0.25) is 11.3 Å². The molecular weight excluding hydrogens is 244 g/mol. The highest BCUT2D eigenvalue weighted by molar-refractivity contribution is 6.30. The number of halogens is 1. The van der Waals surface area contributed by atoms with Gasteiger partial charge in [0.15, 0.2) is 0 Å². The van der Waals surface area contributed by atoms with Gasteiger partial charge in [-0.1, -0.05) is 51.4 Å². The van der Waals surface area contributed by atoms with E-state index in [2.05, 4.69) is 45.3 Å². The minimum absolute atomic E-state index is 0.316. The van der Waals surface area contributed by atoms with E-state index in [-0.39, 0.29) is 0 Å². The zero-order valence-electron chi connectivity index (χ0n) is 11.6. The highest BCUT2D eigenvalue weighted by Gasteiger charge is 2.66. The van der Waals surface area contributed by atoms with E-state index < -0.39 is 0 Å². The van der Waals surface area contributed by atoms with Crippen molar-refractivity contribution in [1.82, 2.24) is 5.43 Å². The molecule has 0 aromatic heterocycles. The molecular formula is C15H23ClN2. The van der Waals surface area contributed by atoms with Crippen molar-refractivity contribution >= 4 is 11.6 Å². The minimum atomic E-state index is 0.316. The number of rotatable bonds is 4. The molecule has 100 valence electrons. The largest absolute Gasteiger partial charge is 0.271 e. The number of hydrazine groups is 1. The van der Waals surface area contributed by atoms with Gasteiger partial charge in [0.25, 0.3) is 0 Å². The lowest BCUT2D eigenvalue weighted by Crippen LogP contribution is -2.40. The molecule has 0 spiro atoms. The second-order valence-corrected chi connectivity index (χ2v) is 6.96. The first-order valence-electron chi connectivity index (χ1n) is 6.51. The summed E-state index contributed by atoms with van der Waals surface area (Å²) in [5.74, 6) is 6.36.